The fraction of sp³-hybridized carbons (Fsp3) is 0.414. The van der Waals surface area contributed by atoms with E-state index in [4.69, 9.17) is 9.84 Å². The van der Waals surface area contributed by atoms with Crippen LogP contribution in [0.15, 0.2) is 60.7 Å². The van der Waals surface area contributed by atoms with E-state index in [1.165, 1.54) is 0 Å². The monoisotopic (exact) mass is 490 g/mol. The predicted molar refractivity (Wildman–Crippen MR) is 144 cm³/mol. The van der Waals surface area contributed by atoms with Crippen LogP contribution < -0.4 is 10.1 Å². The fourth-order valence-corrected chi connectivity index (χ4v) is 4.05. The highest BCUT2D eigenvalue weighted by Gasteiger charge is 2.28. The van der Waals surface area contributed by atoms with Gasteiger partial charge in [0.1, 0.15) is 18.1 Å². The third-order valence-electron chi connectivity index (χ3n) is 6.19. The Morgan fingerprint density at radius 1 is 1.06 bits per heavy atom. The number of rotatable bonds is 9. The standard InChI is InChI=1S/C29H38N4O3/c1-8-24(21-12-10-9-11-13-21)28(35)32(20(2)3)19-27(34)30-26-18-25(29(4,5)6)31-33(26)22-14-16-23(36-7)17-15-22/h9-18,20,24H,8,19H2,1-7H3,(H,30,34). The molecule has 0 saturated heterocycles. The third kappa shape index (κ3) is 6.33. The van der Waals surface area contributed by atoms with Gasteiger partial charge < -0.3 is 15.0 Å². The number of benzene rings is 2. The molecule has 0 aliphatic heterocycles. The van der Waals surface area contributed by atoms with E-state index in [2.05, 4.69) is 26.1 Å². The van der Waals surface area contributed by atoms with Crippen molar-refractivity contribution in [1.82, 2.24) is 14.7 Å². The molecule has 0 saturated carbocycles. The van der Waals surface area contributed by atoms with Crippen molar-refractivity contribution in [1.29, 1.82) is 0 Å². The van der Waals surface area contributed by atoms with Crippen LogP contribution >= 0.6 is 0 Å². The van der Waals surface area contributed by atoms with Crippen LogP contribution in [0.25, 0.3) is 5.69 Å². The first-order valence-corrected chi connectivity index (χ1v) is 12.4. The van der Waals surface area contributed by atoms with Crippen molar-refractivity contribution < 1.29 is 14.3 Å². The van der Waals surface area contributed by atoms with Gasteiger partial charge in [0.25, 0.3) is 0 Å². The number of aromatic nitrogens is 2. The van der Waals surface area contributed by atoms with Crippen molar-refractivity contribution >= 4 is 17.6 Å². The van der Waals surface area contributed by atoms with Crippen molar-refractivity contribution in [2.24, 2.45) is 0 Å². The van der Waals surface area contributed by atoms with Crippen LogP contribution in [0.4, 0.5) is 5.82 Å². The Balaban J connectivity index is 1.86. The first kappa shape index (κ1) is 27.0. The SMILES string of the molecule is CCC(C(=O)N(CC(=O)Nc1cc(C(C)(C)C)nn1-c1ccc(OC)cc1)C(C)C)c1ccccc1. The molecule has 1 heterocycles. The number of carbonyl (C=O) groups excluding carboxylic acids is 2. The highest BCUT2D eigenvalue weighted by Crippen LogP contribution is 2.28. The highest BCUT2D eigenvalue weighted by molar-refractivity contribution is 5.95. The molecule has 7 nitrogen and oxygen atoms in total. The maximum Gasteiger partial charge on any atom is 0.245 e. The second kappa shape index (κ2) is 11.4. The molecule has 0 radical (unpaired) electrons. The van der Waals surface area contributed by atoms with Gasteiger partial charge >= 0.3 is 0 Å². The quantitative estimate of drug-likeness (QED) is 0.427. The average Bonchev–Trinajstić information content (AvgIpc) is 3.27. The lowest BCUT2D eigenvalue weighted by Crippen LogP contribution is -2.44. The summed E-state index contributed by atoms with van der Waals surface area (Å²) in [4.78, 5) is 28.4. The molecule has 1 N–H and O–H groups in total. The maximum absolute atomic E-state index is 13.5. The van der Waals surface area contributed by atoms with Crippen molar-refractivity contribution in [2.75, 3.05) is 19.0 Å². The number of ether oxygens (including phenoxy) is 1. The summed E-state index contributed by atoms with van der Waals surface area (Å²) >= 11 is 0. The molecule has 2 aromatic carbocycles. The second-order valence-corrected chi connectivity index (χ2v) is 10.3. The molecular weight excluding hydrogens is 452 g/mol. The van der Waals surface area contributed by atoms with E-state index >= 15 is 0 Å². The number of hydrogen-bond donors (Lipinski definition) is 1. The van der Waals surface area contributed by atoms with E-state index in [1.807, 2.05) is 81.4 Å². The van der Waals surface area contributed by atoms with Gasteiger partial charge in [-0.1, -0.05) is 58.0 Å². The Hall–Kier alpha value is -3.61. The number of nitrogens with one attached hydrogen (secondary N) is 1. The van der Waals surface area contributed by atoms with E-state index < -0.39 is 0 Å². The Morgan fingerprint density at radius 2 is 1.69 bits per heavy atom. The van der Waals surface area contributed by atoms with Crippen LogP contribution in [0.1, 0.15) is 65.1 Å². The summed E-state index contributed by atoms with van der Waals surface area (Å²) in [6.45, 7) is 12.0. The number of methoxy groups -OCH3 is 1. The smallest absolute Gasteiger partial charge is 0.245 e. The lowest BCUT2D eigenvalue weighted by atomic mass is 9.92. The van der Waals surface area contributed by atoms with Gasteiger partial charge in [-0.3, -0.25) is 9.59 Å². The van der Waals surface area contributed by atoms with Gasteiger partial charge in [-0.2, -0.15) is 5.10 Å². The maximum atomic E-state index is 13.5. The topological polar surface area (TPSA) is 76.5 Å². The molecule has 0 aliphatic carbocycles. The molecule has 1 unspecified atom stereocenters. The lowest BCUT2D eigenvalue weighted by Gasteiger charge is -2.30. The molecule has 0 fully saturated rings. The van der Waals surface area contributed by atoms with Crippen LogP contribution in [-0.4, -0.2) is 46.2 Å². The first-order valence-electron chi connectivity index (χ1n) is 12.4. The Bertz CT molecular complexity index is 1160. The summed E-state index contributed by atoms with van der Waals surface area (Å²) in [6.07, 6.45) is 0.660. The van der Waals surface area contributed by atoms with E-state index in [0.29, 0.717) is 12.2 Å². The van der Waals surface area contributed by atoms with Crippen LogP contribution in [0.2, 0.25) is 0 Å². The molecule has 1 aromatic heterocycles. The molecule has 0 spiro atoms. The van der Waals surface area contributed by atoms with Crippen LogP contribution in [0.3, 0.4) is 0 Å². The van der Waals surface area contributed by atoms with Gasteiger partial charge in [0, 0.05) is 17.5 Å². The van der Waals surface area contributed by atoms with Gasteiger partial charge in [0.2, 0.25) is 11.8 Å². The Morgan fingerprint density at radius 3 is 2.22 bits per heavy atom. The lowest BCUT2D eigenvalue weighted by molar-refractivity contribution is -0.137. The molecular formula is C29H38N4O3. The zero-order chi connectivity index (χ0) is 26.5. The summed E-state index contributed by atoms with van der Waals surface area (Å²) in [6, 6.07) is 19.0. The summed E-state index contributed by atoms with van der Waals surface area (Å²) in [7, 11) is 1.62. The minimum atomic E-state index is -0.293. The Kier molecular flexibility index (Phi) is 8.56. The average molecular weight is 491 g/mol. The first-order chi connectivity index (χ1) is 17.0. The number of amides is 2. The van der Waals surface area contributed by atoms with Crippen molar-refractivity contribution in [3.05, 3.63) is 71.9 Å². The summed E-state index contributed by atoms with van der Waals surface area (Å²) in [5.74, 6) is 0.686. The zero-order valence-corrected chi connectivity index (χ0v) is 22.4. The third-order valence-corrected chi connectivity index (χ3v) is 6.19. The van der Waals surface area contributed by atoms with Gasteiger partial charge in [-0.05, 0) is 50.1 Å². The van der Waals surface area contributed by atoms with Gasteiger partial charge in [-0.15, -0.1) is 0 Å². The van der Waals surface area contributed by atoms with Gasteiger partial charge in [0.15, 0.2) is 0 Å². The van der Waals surface area contributed by atoms with Crippen LogP contribution in [0.5, 0.6) is 5.75 Å². The van der Waals surface area contributed by atoms with Crippen LogP contribution in [-0.2, 0) is 15.0 Å². The van der Waals surface area contributed by atoms with E-state index in [0.717, 1.165) is 22.7 Å². The number of carbonyl (C=O) groups is 2. The highest BCUT2D eigenvalue weighted by atomic mass is 16.5. The molecule has 192 valence electrons. The van der Waals surface area contributed by atoms with Gasteiger partial charge in [0.05, 0.1) is 24.4 Å². The molecule has 36 heavy (non-hydrogen) atoms. The molecule has 3 aromatic rings. The number of anilines is 1. The largest absolute Gasteiger partial charge is 0.497 e. The van der Waals surface area contributed by atoms with Crippen molar-refractivity contribution in [3.63, 3.8) is 0 Å². The minimum absolute atomic E-state index is 0.0432. The zero-order valence-electron chi connectivity index (χ0n) is 22.4. The van der Waals surface area contributed by atoms with Gasteiger partial charge in [-0.25, -0.2) is 4.68 Å². The summed E-state index contributed by atoms with van der Waals surface area (Å²) in [5.41, 5.74) is 2.40. The Labute approximate surface area is 214 Å². The van der Waals surface area contributed by atoms with E-state index in [1.54, 1.807) is 16.7 Å². The normalized spacial score (nSPS) is 12.3. The summed E-state index contributed by atoms with van der Waals surface area (Å²) in [5, 5.41) is 7.77. The molecule has 3 rings (SSSR count). The molecule has 1 atom stereocenters. The van der Waals surface area contributed by atoms with Crippen LogP contribution in [0, 0.1) is 0 Å². The molecule has 0 bridgehead atoms. The summed E-state index contributed by atoms with van der Waals surface area (Å²) < 4.78 is 6.99. The number of hydrogen-bond acceptors (Lipinski definition) is 4. The van der Waals surface area contributed by atoms with Crippen molar-refractivity contribution in [2.45, 2.75) is 65.3 Å². The molecule has 2 amide bonds. The van der Waals surface area contributed by atoms with E-state index in [9.17, 15) is 9.59 Å². The number of nitrogens with zero attached hydrogens (tertiary/aromatic N) is 3. The second-order valence-electron chi connectivity index (χ2n) is 10.3. The molecule has 0 aliphatic rings. The minimum Gasteiger partial charge on any atom is -0.497 e. The molecule has 7 heteroatoms. The fourth-order valence-electron chi connectivity index (χ4n) is 4.05. The van der Waals surface area contributed by atoms with Crippen molar-refractivity contribution in [3.8, 4) is 11.4 Å². The predicted octanol–water partition coefficient (Wildman–Crippen LogP) is 5.55. The van der Waals surface area contributed by atoms with E-state index in [-0.39, 0.29) is 35.7 Å².